The Morgan fingerprint density at radius 2 is 1.56 bits per heavy atom. The minimum Gasteiger partial charge on any atom is -0.453 e. The van der Waals surface area contributed by atoms with Crippen LogP contribution in [0.2, 0.25) is 0 Å². The van der Waals surface area contributed by atoms with Gasteiger partial charge >= 0.3 is 5.97 Å². The molecule has 10 nitrogen and oxygen atoms in total. The van der Waals surface area contributed by atoms with E-state index >= 15 is 0 Å². The highest BCUT2D eigenvalue weighted by Crippen LogP contribution is 2.30. The molecule has 11 heteroatoms. The topological polar surface area (TPSA) is 153 Å². The number of sulfonamides is 1. The van der Waals surface area contributed by atoms with E-state index in [0.717, 1.165) is 10.3 Å². The smallest absolute Gasteiger partial charge is 0.306 e. The third-order valence-electron chi connectivity index (χ3n) is 5.75. The van der Waals surface area contributed by atoms with Gasteiger partial charge in [0.05, 0.1) is 4.90 Å². The van der Waals surface area contributed by atoms with Crippen molar-refractivity contribution in [3.63, 3.8) is 0 Å². The van der Waals surface area contributed by atoms with E-state index in [0.29, 0.717) is 22.2 Å². The van der Waals surface area contributed by atoms with Gasteiger partial charge in [-0.3, -0.25) is 24.1 Å². The van der Waals surface area contributed by atoms with Crippen LogP contribution in [0, 0.1) is 0 Å². The minimum atomic E-state index is -3.86. The zero-order valence-corrected chi connectivity index (χ0v) is 20.1. The fourth-order valence-electron chi connectivity index (χ4n) is 3.95. The van der Waals surface area contributed by atoms with Crippen molar-refractivity contribution in [1.82, 2.24) is 4.90 Å². The molecular weight excluding hydrogens is 486 g/mol. The Hall–Kier alpha value is -4.09. The maximum Gasteiger partial charge on any atom is 0.306 e. The molecule has 0 spiro atoms. The highest BCUT2D eigenvalue weighted by molar-refractivity contribution is 7.89. The fourth-order valence-corrected chi connectivity index (χ4v) is 4.46. The number of nitrogens with two attached hydrogens (primary N) is 1. The third kappa shape index (κ3) is 5.11. The van der Waals surface area contributed by atoms with Crippen molar-refractivity contribution in [2.24, 2.45) is 5.14 Å². The zero-order chi connectivity index (χ0) is 26.0. The molecule has 3 aromatic rings. The van der Waals surface area contributed by atoms with Gasteiger partial charge in [0.15, 0.2) is 6.10 Å². The average molecular weight is 510 g/mol. The summed E-state index contributed by atoms with van der Waals surface area (Å²) in [4.78, 5) is 51.4. The van der Waals surface area contributed by atoms with Crippen LogP contribution in [-0.4, -0.2) is 49.7 Å². The number of benzene rings is 3. The van der Waals surface area contributed by atoms with Gasteiger partial charge < -0.3 is 10.1 Å². The lowest BCUT2D eigenvalue weighted by atomic mass is 9.94. The molecule has 1 unspecified atom stereocenters. The van der Waals surface area contributed by atoms with Crippen molar-refractivity contribution >= 4 is 50.2 Å². The first-order chi connectivity index (χ1) is 17.1. The highest BCUT2D eigenvalue weighted by Gasteiger charge is 2.32. The van der Waals surface area contributed by atoms with Crippen LogP contribution in [0.15, 0.2) is 65.6 Å². The van der Waals surface area contributed by atoms with Crippen LogP contribution >= 0.6 is 0 Å². The van der Waals surface area contributed by atoms with E-state index in [9.17, 15) is 27.6 Å². The van der Waals surface area contributed by atoms with Gasteiger partial charge in [0.1, 0.15) is 0 Å². The van der Waals surface area contributed by atoms with Gasteiger partial charge in [-0.1, -0.05) is 24.3 Å². The molecule has 0 fully saturated rings. The summed E-state index contributed by atoms with van der Waals surface area (Å²) in [5, 5.41) is 8.99. The summed E-state index contributed by atoms with van der Waals surface area (Å²) in [5.74, 6) is -2.11. The van der Waals surface area contributed by atoms with Crippen LogP contribution in [0.25, 0.3) is 10.8 Å². The molecule has 3 aromatic carbocycles. The molecule has 0 bridgehead atoms. The van der Waals surface area contributed by atoms with Gasteiger partial charge in [0.2, 0.25) is 10.0 Å². The summed E-state index contributed by atoms with van der Waals surface area (Å²) in [7, 11) is -3.86. The largest absolute Gasteiger partial charge is 0.453 e. The maximum absolute atomic E-state index is 12.9. The van der Waals surface area contributed by atoms with E-state index in [1.807, 2.05) is 12.1 Å². The van der Waals surface area contributed by atoms with Crippen LogP contribution in [0.3, 0.4) is 0 Å². The first kappa shape index (κ1) is 25.0. The summed E-state index contributed by atoms with van der Waals surface area (Å²) < 4.78 is 27.8. The van der Waals surface area contributed by atoms with Crippen molar-refractivity contribution < 1.29 is 32.3 Å². The number of anilines is 1. The van der Waals surface area contributed by atoms with Gasteiger partial charge in [0, 0.05) is 35.2 Å². The Morgan fingerprint density at radius 1 is 0.972 bits per heavy atom. The number of imide groups is 1. The molecule has 0 saturated carbocycles. The predicted molar refractivity (Wildman–Crippen MR) is 131 cm³/mol. The van der Waals surface area contributed by atoms with E-state index in [2.05, 4.69) is 5.32 Å². The monoisotopic (exact) mass is 509 g/mol. The SMILES string of the molecule is CC(OC(=O)CCCN1C(=O)c2cccc3cccc(c23)C1=O)C(=O)Nc1ccc(S(N)(=O)=O)cc1. The van der Waals surface area contributed by atoms with Gasteiger partial charge in [-0.15, -0.1) is 0 Å². The second-order valence-electron chi connectivity index (χ2n) is 8.27. The Labute approximate surface area is 207 Å². The van der Waals surface area contributed by atoms with Crippen LogP contribution in [0.5, 0.6) is 0 Å². The van der Waals surface area contributed by atoms with Crippen molar-refractivity contribution in [3.05, 3.63) is 71.8 Å². The molecule has 0 aliphatic carbocycles. The lowest BCUT2D eigenvalue weighted by molar-refractivity contribution is -0.153. The number of ether oxygens (including phenoxy) is 1. The quantitative estimate of drug-likeness (QED) is 0.349. The predicted octanol–water partition coefficient (Wildman–Crippen LogP) is 2.43. The molecule has 3 N–H and O–H groups in total. The number of carbonyl (C=O) groups is 4. The molecule has 1 heterocycles. The number of carbonyl (C=O) groups excluding carboxylic acids is 4. The average Bonchev–Trinajstić information content (AvgIpc) is 2.84. The second-order valence-corrected chi connectivity index (χ2v) is 9.83. The van der Waals surface area contributed by atoms with E-state index in [1.165, 1.54) is 31.2 Å². The van der Waals surface area contributed by atoms with Crippen LogP contribution < -0.4 is 10.5 Å². The van der Waals surface area contributed by atoms with Crippen LogP contribution in [0.4, 0.5) is 5.69 Å². The molecule has 1 aliphatic heterocycles. The number of esters is 1. The maximum atomic E-state index is 12.9. The normalized spacial score (nSPS) is 14.0. The molecule has 36 heavy (non-hydrogen) atoms. The van der Waals surface area contributed by atoms with Gasteiger partial charge in [0.25, 0.3) is 17.7 Å². The van der Waals surface area contributed by atoms with E-state index in [-0.39, 0.29) is 24.3 Å². The van der Waals surface area contributed by atoms with E-state index in [4.69, 9.17) is 9.88 Å². The molecule has 0 aromatic heterocycles. The van der Waals surface area contributed by atoms with Crippen molar-refractivity contribution in [1.29, 1.82) is 0 Å². The number of hydrogen-bond acceptors (Lipinski definition) is 7. The fraction of sp³-hybridized carbons (Fsp3) is 0.200. The summed E-state index contributed by atoms with van der Waals surface area (Å²) in [6.45, 7) is 1.41. The number of amides is 3. The number of nitrogens with one attached hydrogen (secondary N) is 1. The molecule has 1 aliphatic rings. The highest BCUT2D eigenvalue weighted by atomic mass is 32.2. The third-order valence-corrected chi connectivity index (χ3v) is 6.68. The van der Waals surface area contributed by atoms with Gasteiger partial charge in [-0.2, -0.15) is 0 Å². The Balaban J connectivity index is 1.30. The summed E-state index contributed by atoms with van der Waals surface area (Å²) >= 11 is 0. The first-order valence-corrected chi connectivity index (χ1v) is 12.6. The summed E-state index contributed by atoms with van der Waals surface area (Å²) in [5.41, 5.74) is 1.17. The molecule has 1 atom stereocenters. The van der Waals surface area contributed by atoms with E-state index < -0.39 is 39.8 Å². The zero-order valence-electron chi connectivity index (χ0n) is 19.3. The van der Waals surface area contributed by atoms with Gasteiger partial charge in [-0.25, -0.2) is 13.6 Å². The molecular formula is C25H23N3O7S. The number of rotatable bonds is 8. The molecule has 4 rings (SSSR count). The minimum absolute atomic E-state index is 0.0223. The lowest BCUT2D eigenvalue weighted by Crippen LogP contribution is -2.41. The standard InChI is InChI=1S/C25H23N3O7S/c1-15(23(30)27-17-10-12-18(13-11-17)36(26,33)34)35-21(29)9-4-14-28-24(31)19-7-2-5-16-6-3-8-20(22(16)19)25(28)32/h2-3,5-8,10-13,15H,4,9,14H2,1H3,(H,27,30)(H2,26,33,34). The van der Waals surface area contributed by atoms with Crippen molar-refractivity contribution in [2.45, 2.75) is 30.8 Å². The van der Waals surface area contributed by atoms with Crippen molar-refractivity contribution in [2.75, 3.05) is 11.9 Å². The molecule has 3 amide bonds. The van der Waals surface area contributed by atoms with Crippen molar-refractivity contribution in [3.8, 4) is 0 Å². The van der Waals surface area contributed by atoms with Gasteiger partial charge in [-0.05, 0) is 55.1 Å². The summed E-state index contributed by atoms with van der Waals surface area (Å²) in [6, 6.07) is 15.7. The van der Waals surface area contributed by atoms with Crippen LogP contribution in [0.1, 0.15) is 40.5 Å². The Morgan fingerprint density at radius 3 is 2.11 bits per heavy atom. The Bertz CT molecular complexity index is 1430. The lowest BCUT2D eigenvalue weighted by Gasteiger charge is -2.27. The number of hydrogen-bond donors (Lipinski definition) is 2. The van der Waals surface area contributed by atoms with Crippen LogP contribution in [-0.2, 0) is 24.3 Å². The van der Waals surface area contributed by atoms with E-state index in [1.54, 1.807) is 24.3 Å². The number of nitrogens with zero attached hydrogens (tertiary/aromatic N) is 1. The molecule has 186 valence electrons. The number of primary sulfonamides is 1. The molecule has 0 radical (unpaired) electrons. The summed E-state index contributed by atoms with van der Waals surface area (Å²) in [6.07, 6.45) is -1.07. The second kappa shape index (κ2) is 9.88. The molecule has 0 saturated heterocycles. The first-order valence-electron chi connectivity index (χ1n) is 11.1. The Kier molecular flexibility index (Phi) is 6.86.